The molecule has 2 aromatic carbocycles. The van der Waals surface area contributed by atoms with E-state index in [1.165, 1.54) is 17.7 Å². The molecule has 0 saturated heterocycles. The van der Waals surface area contributed by atoms with E-state index in [-0.39, 0.29) is 11.9 Å². The minimum absolute atomic E-state index is 0.0167. The Hall–Kier alpha value is -3.60. The van der Waals surface area contributed by atoms with Gasteiger partial charge in [-0.05, 0) is 60.4 Å². The fraction of sp³-hybridized carbons (Fsp3) is 0.160. The normalized spacial score (nSPS) is 15.6. The van der Waals surface area contributed by atoms with Crippen molar-refractivity contribution in [3.05, 3.63) is 101 Å². The van der Waals surface area contributed by atoms with E-state index in [2.05, 4.69) is 24.0 Å². The van der Waals surface area contributed by atoms with E-state index in [4.69, 9.17) is 10.1 Å². The van der Waals surface area contributed by atoms with Gasteiger partial charge in [0.1, 0.15) is 5.82 Å². The smallest absolute Gasteiger partial charge is 0.159 e. The number of aryl methyl sites for hydroxylation is 2. The van der Waals surface area contributed by atoms with Crippen LogP contribution in [0.1, 0.15) is 34.8 Å². The van der Waals surface area contributed by atoms with Gasteiger partial charge < -0.3 is 0 Å². The molecule has 0 bridgehead atoms. The van der Waals surface area contributed by atoms with E-state index in [9.17, 15) is 4.39 Å². The Morgan fingerprint density at radius 3 is 2.40 bits per heavy atom. The molecule has 5 rings (SSSR count). The van der Waals surface area contributed by atoms with Crippen LogP contribution >= 0.6 is 0 Å². The molecule has 0 spiro atoms. The molecule has 0 fully saturated rings. The van der Waals surface area contributed by atoms with Gasteiger partial charge in [0.2, 0.25) is 0 Å². The van der Waals surface area contributed by atoms with Crippen molar-refractivity contribution in [2.24, 2.45) is 4.99 Å². The highest BCUT2D eigenvalue weighted by Crippen LogP contribution is 2.41. The maximum Gasteiger partial charge on any atom is 0.159 e. The largest absolute Gasteiger partial charge is 0.265 e. The molecule has 1 atom stereocenters. The topological polar surface area (TPSA) is 43.1 Å². The van der Waals surface area contributed by atoms with Gasteiger partial charge in [0.25, 0.3) is 0 Å². The second-order valence-corrected chi connectivity index (χ2v) is 7.61. The molecule has 1 aliphatic heterocycles. The molecule has 4 aromatic rings. The molecule has 2 aromatic heterocycles. The molecule has 0 saturated carbocycles. The van der Waals surface area contributed by atoms with E-state index >= 15 is 0 Å². The molecule has 4 nitrogen and oxygen atoms in total. The predicted molar refractivity (Wildman–Crippen MR) is 117 cm³/mol. The monoisotopic (exact) mass is 396 g/mol. The van der Waals surface area contributed by atoms with Crippen LogP contribution in [0.2, 0.25) is 0 Å². The van der Waals surface area contributed by atoms with E-state index in [0.29, 0.717) is 0 Å². The van der Waals surface area contributed by atoms with Gasteiger partial charge in [0.15, 0.2) is 5.82 Å². The van der Waals surface area contributed by atoms with Crippen LogP contribution < -0.4 is 0 Å². The number of hydrogen-bond donors (Lipinski definition) is 0. The zero-order chi connectivity index (χ0) is 20.7. The van der Waals surface area contributed by atoms with Crippen molar-refractivity contribution in [1.82, 2.24) is 14.8 Å². The van der Waals surface area contributed by atoms with Crippen molar-refractivity contribution in [3.63, 3.8) is 0 Å². The highest BCUT2D eigenvalue weighted by Gasteiger charge is 2.30. The van der Waals surface area contributed by atoms with Crippen LogP contribution in [0.15, 0.2) is 78.0 Å². The van der Waals surface area contributed by atoms with E-state index in [1.807, 2.05) is 48.3 Å². The molecule has 0 amide bonds. The highest BCUT2D eigenvalue weighted by atomic mass is 19.1. The predicted octanol–water partition coefficient (Wildman–Crippen LogP) is 5.81. The average molecular weight is 396 g/mol. The average Bonchev–Trinajstić information content (AvgIpc) is 3.10. The Bertz CT molecular complexity index is 1240. The van der Waals surface area contributed by atoms with Gasteiger partial charge in [-0.1, -0.05) is 36.4 Å². The van der Waals surface area contributed by atoms with Crippen molar-refractivity contribution in [1.29, 1.82) is 0 Å². The number of hydrogen-bond acceptors (Lipinski definition) is 3. The molecule has 30 heavy (non-hydrogen) atoms. The van der Waals surface area contributed by atoms with Crippen molar-refractivity contribution in [2.45, 2.75) is 26.3 Å². The summed E-state index contributed by atoms with van der Waals surface area (Å²) in [6, 6.07) is 18.9. The second-order valence-electron chi connectivity index (χ2n) is 7.61. The Morgan fingerprint density at radius 1 is 0.933 bits per heavy atom. The number of halogens is 1. The fourth-order valence-electron chi connectivity index (χ4n) is 4.17. The Kier molecular flexibility index (Phi) is 4.51. The molecule has 148 valence electrons. The molecule has 0 N–H and O–H groups in total. The number of nitrogens with zero attached hydrogens (tertiary/aromatic N) is 4. The third-order valence-electron chi connectivity index (χ3n) is 5.66. The van der Waals surface area contributed by atoms with Crippen molar-refractivity contribution in [3.8, 4) is 11.1 Å². The van der Waals surface area contributed by atoms with Crippen molar-refractivity contribution < 1.29 is 4.39 Å². The number of pyridine rings is 1. The Balaban J connectivity index is 1.74. The molecular formula is C25H21FN4. The second kappa shape index (κ2) is 7.34. The first-order chi connectivity index (χ1) is 14.6. The minimum atomic E-state index is -0.254. The van der Waals surface area contributed by atoms with Gasteiger partial charge in [-0.15, -0.1) is 0 Å². The zero-order valence-electron chi connectivity index (χ0n) is 16.9. The maximum atomic E-state index is 13.5. The molecule has 3 heterocycles. The van der Waals surface area contributed by atoms with Crippen LogP contribution in [0, 0.1) is 19.7 Å². The van der Waals surface area contributed by atoms with Gasteiger partial charge in [0.05, 0.1) is 17.4 Å². The SMILES string of the molecule is Cc1ccccc1C1=Nc2c(-c3ccc(F)cc3)c(C)nn2C(c2ccncc2)C1. The quantitative estimate of drug-likeness (QED) is 0.438. The Labute approximate surface area is 174 Å². The third-order valence-corrected chi connectivity index (χ3v) is 5.66. The standard InChI is InChI=1S/C25H21FN4/c1-16-5-3-4-6-21(16)22-15-23(18-11-13-27-14-12-18)30-25(28-22)24(17(2)29-30)19-7-9-20(26)10-8-19/h3-14,23H,15H2,1-2H3. The Morgan fingerprint density at radius 2 is 1.67 bits per heavy atom. The minimum Gasteiger partial charge on any atom is -0.265 e. The lowest BCUT2D eigenvalue weighted by atomic mass is 9.93. The van der Waals surface area contributed by atoms with Crippen LogP contribution in [0.5, 0.6) is 0 Å². The van der Waals surface area contributed by atoms with E-state index in [0.717, 1.165) is 45.9 Å². The number of rotatable bonds is 3. The summed E-state index contributed by atoms with van der Waals surface area (Å²) in [7, 11) is 0. The maximum absolute atomic E-state index is 13.5. The summed E-state index contributed by atoms with van der Waals surface area (Å²) >= 11 is 0. The van der Waals surface area contributed by atoms with Crippen LogP contribution in [0.3, 0.4) is 0 Å². The van der Waals surface area contributed by atoms with Gasteiger partial charge in [-0.3, -0.25) is 4.98 Å². The summed E-state index contributed by atoms with van der Waals surface area (Å²) in [6.07, 6.45) is 4.36. The van der Waals surface area contributed by atoms with Gasteiger partial charge in [-0.25, -0.2) is 14.1 Å². The molecule has 1 aliphatic rings. The van der Waals surface area contributed by atoms with Gasteiger partial charge in [0, 0.05) is 24.4 Å². The summed E-state index contributed by atoms with van der Waals surface area (Å²) < 4.78 is 15.5. The lowest BCUT2D eigenvalue weighted by molar-refractivity contribution is 0.529. The van der Waals surface area contributed by atoms with Crippen molar-refractivity contribution in [2.75, 3.05) is 0 Å². The molecule has 0 aliphatic carbocycles. The lowest BCUT2D eigenvalue weighted by Gasteiger charge is -2.26. The first kappa shape index (κ1) is 18.4. The van der Waals surface area contributed by atoms with Crippen LogP contribution in [0.4, 0.5) is 10.2 Å². The zero-order valence-corrected chi connectivity index (χ0v) is 16.9. The summed E-state index contributed by atoms with van der Waals surface area (Å²) in [5.41, 5.74) is 7.25. The van der Waals surface area contributed by atoms with E-state index in [1.54, 1.807) is 12.1 Å². The first-order valence-electron chi connectivity index (χ1n) is 10.0. The van der Waals surface area contributed by atoms with Gasteiger partial charge >= 0.3 is 0 Å². The number of aliphatic imine (C=N–C) groups is 1. The van der Waals surface area contributed by atoms with Crippen LogP contribution in [0.25, 0.3) is 11.1 Å². The molecule has 5 heteroatoms. The number of aromatic nitrogens is 3. The van der Waals surface area contributed by atoms with Crippen molar-refractivity contribution >= 4 is 11.5 Å². The molecule has 1 unspecified atom stereocenters. The third kappa shape index (κ3) is 3.12. The summed E-state index contributed by atoms with van der Waals surface area (Å²) in [6.45, 7) is 4.09. The molecule has 0 radical (unpaired) electrons. The highest BCUT2D eigenvalue weighted by molar-refractivity contribution is 6.05. The number of benzene rings is 2. The van der Waals surface area contributed by atoms with E-state index < -0.39 is 0 Å². The summed E-state index contributed by atoms with van der Waals surface area (Å²) in [5, 5.41) is 4.85. The van der Waals surface area contributed by atoms with Crippen LogP contribution in [-0.2, 0) is 0 Å². The van der Waals surface area contributed by atoms with Gasteiger partial charge in [-0.2, -0.15) is 5.10 Å². The number of fused-ring (bicyclic) bond motifs is 1. The fourth-order valence-corrected chi connectivity index (χ4v) is 4.17. The first-order valence-corrected chi connectivity index (χ1v) is 10.0. The molecular weight excluding hydrogens is 375 g/mol. The van der Waals surface area contributed by atoms with Crippen LogP contribution in [-0.4, -0.2) is 20.5 Å². The summed E-state index contributed by atoms with van der Waals surface area (Å²) in [4.78, 5) is 9.25. The summed E-state index contributed by atoms with van der Waals surface area (Å²) in [5.74, 6) is 0.557. The lowest BCUT2D eigenvalue weighted by Crippen LogP contribution is -2.21.